The summed E-state index contributed by atoms with van der Waals surface area (Å²) in [6.45, 7) is 7.66. The van der Waals surface area contributed by atoms with Crippen LogP contribution in [0.5, 0.6) is 17.2 Å². The molecule has 7 nitrogen and oxygen atoms in total. The van der Waals surface area contributed by atoms with E-state index >= 15 is 0 Å². The Morgan fingerprint density at radius 2 is 1.59 bits per heavy atom. The summed E-state index contributed by atoms with van der Waals surface area (Å²) in [6.07, 6.45) is 0.278. The van der Waals surface area contributed by atoms with Crippen LogP contribution in [-0.4, -0.2) is 43.5 Å². The minimum absolute atomic E-state index is 0.0531. The second-order valence-electron chi connectivity index (χ2n) is 8.63. The average Bonchev–Trinajstić information content (AvgIpc) is 2.77. The highest BCUT2D eigenvalue weighted by Gasteiger charge is 2.47. The molecule has 0 radical (unpaired) electrons. The van der Waals surface area contributed by atoms with Crippen LogP contribution in [0.1, 0.15) is 45.2 Å². The monoisotopic (exact) mass is 536 g/mol. The highest BCUT2D eigenvalue weighted by molar-refractivity contribution is 9.10. The van der Waals surface area contributed by atoms with E-state index in [0.29, 0.717) is 28.0 Å². The zero-order valence-electron chi connectivity index (χ0n) is 20.5. The van der Waals surface area contributed by atoms with Crippen molar-refractivity contribution in [1.82, 2.24) is 0 Å². The molecule has 0 saturated heterocycles. The third-order valence-electron chi connectivity index (χ3n) is 5.31. The number of benzene rings is 2. The first-order chi connectivity index (χ1) is 16.0. The van der Waals surface area contributed by atoms with Crippen LogP contribution in [-0.2, 0) is 27.2 Å². The van der Waals surface area contributed by atoms with Gasteiger partial charge in [0.2, 0.25) is 0 Å². The molecule has 0 bridgehead atoms. The van der Waals surface area contributed by atoms with Gasteiger partial charge in [-0.15, -0.1) is 0 Å². The zero-order chi connectivity index (χ0) is 25.5. The van der Waals surface area contributed by atoms with Gasteiger partial charge in [-0.3, -0.25) is 9.59 Å². The topological polar surface area (TPSA) is 91.3 Å². The Balaban J connectivity index is 2.39. The van der Waals surface area contributed by atoms with Crippen LogP contribution >= 0.6 is 15.9 Å². The van der Waals surface area contributed by atoms with E-state index in [4.69, 9.17) is 18.9 Å². The third-order valence-corrected chi connectivity index (χ3v) is 6.05. The Hall–Kier alpha value is -2.74. The summed E-state index contributed by atoms with van der Waals surface area (Å²) in [5, 5.41) is 10.2. The molecule has 0 aliphatic heterocycles. The molecule has 1 N–H and O–H groups in total. The summed E-state index contributed by atoms with van der Waals surface area (Å²) < 4.78 is 22.5. The molecular weight excluding hydrogens is 504 g/mol. The highest BCUT2D eigenvalue weighted by atomic mass is 79.9. The maximum Gasteiger partial charge on any atom is 0.323 e. The lowest BCUT2D eigenvalue weighted by Gasteiger charge is -2.28. The number of methoxy groups -OCH3 is 2. The third kappa shape index (κ3) is 6.88. The number of carboxylic acids is 1. The van der Waals surface area contributed by atoms with E-state index in [0.717, 1.165) is 11.3 Å². The molecule has 0 amide bonds. The Kier molecular flexibility index (Phi) is 9.79. The van der Waals surface area contributed by atoms with E-state index < -0.39 is 17.4 Å². The molecule has 1 atom stereocenters. The fraction of sp³-hybridized carbons (Fsp3) is 0.462. The molecule has 8 heteroatoms. The number of halogens is 1. The smallest absolute Gasteiger partial charge is 0.323 e. The van der Waals surface area contributed by atoms with Gasteiger partial charge in [0, 0.05) is 10.9 Å². The molecule has 0 aliphatic carbocycles. The number of carbonyl (C=O) groups is 2. The molecule has 186 valence electrons. The van der Waals surface area contributed by atoms with Crippen LogP contribution in [0.25, 0.3) is 0 Å². The van der Waals surface area contributed by atoms with Crippen molar-refractivity contribution in [2.24, 2.45) is 5.41 Å². The number of carbonyl (C=O) groups excluding carboxylic acids is 1. The van der Waals surface area contributed by atoms with Gasteiger partial charge in [-0.2, -0.15) is 0 Å². The van der Waals surface area contributed by atoms with Crippen LogP contribution < -0.4 is 14.2 Å². The Morgan fingerprint density at radius 1 is 0.971 bits per heavy atom. The number of hydrogen-bond donors (Lipinski definition) is 1. The van der Waals surface area contributed by atoms with E-state index in [1.807, 2.05) is 52.0 Å². The Labute approximate surface area is 209 Å². The lowest BCUT2D eigenvalue weighted by Crippen LogP contribution is -2.43. The number of rotatable bonds is 12. The summed E-state index contributed by atoms with van der Waals surface area (Å²) in [5.41, 5.74) is -0.290. The molecule has 0 aliphatic rings. The molecule has 0 saturated carbocycles. The second kappa shape index (κ2) is 12.1. The zero-order valence-corrected chi connectivity index (χ0v) is 22.1. The lowest BCUT2D eigenvalue weighted by molar-refractivity contribution is -0.167. The second-order valence-corrected chi connectivity index (χ2v) is 9.48. The maximum absolute atomic E-state index is 12.9. The van der Waals surface area contributed by atoms with Gasteiger partial charge in [0.05, 0.1) is 26.4 Å². The molecule has 2 rings (SSSR count). The maximum atomic E-state index is 12.9. The van der Waals surface area contributed by atoms with E-state index in [1.165, 1.54) is 14.2 Å². The molecule has 0 spiro atoms. The number of aryl methyl sites for hydroxylation is 1. The van der Waals surface area contributed by atoms with Crippen molar-refractivity contribution in [2.45, 2.75) is 59.2 Å². The summed E-state index contributed by atoms with van der Waals surface area (Å²) >= 11 is 3.49. The van der Waals surface area contributed by atoms with Crippen molar-refractivity contribution < 1.29 is 33.6 Å². The number of aliphatic carboxylic acids is 1. The molecule has 0 heterocycles. The van der Waals surface area contributed by atoms with Crippen molar-refractivity contribution in [2.75, 3.05) is 14.2 Å². The minimum atomic E-state index is -1.78. The van der Waals surface area contributed by atoms with Crippen molar-refractivity contribution in [3.05, 3.63) is 52.0 Å². The number of hydrogen-bond acceptors (Lipinski definition) is 6. The van der Waals surface area contributed by atoms with Crippen molar-refractivity contribution in [3.8, 4) is 17.2 Å². The fourth-order valence-corrected chi connectivity index (χ4v) is 4.10. The van der Waals surface area contributed by atoms with Crippen molar-refractivity contribution in [1.29, 1.82) is 0 Å². The highest BCUT2D eigenvalue weighted by Crippen LogP contribution is 2.39. The van der Waals surface area contributed by atoms with E-state index in [9.17, 15) is 14.7 Å². The molecule has 0 aromatic heterocycles. The first-order valence-electron chi connectivity index (χ1n) is 11.1. The van der Waals surface area contributed by atoms with Gasteiger partial charge in [0.15, 0.2) is 16.9 Å². The van der Waals surface area contributed by atoms with Gasteiger partial charge in [-0.1, -0.05) is 28.1 Å². The molecule has 2 aromatic carbocycles. The van der Waals surface area contributed by atoms with Crippen LogP contribution in [0.4, 0.5) is 0 Å². The summed E-state index contributed by atoms with van der Waals surface area (Å²) in [6, 6.07) is 10.8. The number of esters is 1. The summed E-state index contributed by atoms with van der Waals surface area (Å²) in [7, 11) is 2.73. The standard InChI is InChI=1S/C26H33BrO7/c1-16(2)33-20-9-7-18(8-10-20)11-12-26(24(28)29,25(30)32-6)15-19-13-23(34-17(3)4)22(31-5)14-21(19)27/h7-10,13-14,16-17H,11-12,15H2,1-6H3,(H,28,29). The SMILES string of the molecule is COC(=O)C(CCc1ccc(OC(C)C)cc1)(Cc1cc(OC(C)C)c(OC)cc1Br)C(=O)O. The molecular formula is C26H33BrO7. The Morgan fingerprint density at radius 3 is 2.09 bits per heavy atom. The lowest BCUT2D eigenvalue weighted by atomic mass is 9.76. The molecule has 34 heavy (non-hydrogen) atoms. The average molecular weight is 537 g/mol. The largest absolute Gasteiger partial charge is 0.493 e. The van der Waals surface area contributed by atoms with Crippen LogP contribution in [0.3, 0.4) is 0 Å². The van der Waals surface area contributed by atoms with Gasteiger partial charge >= 0.3 is 11.9 Å². The van der Waals surface area contributed by atoms with Crippen LogP contribution in [0.2, 0.25) is 0 Å². The minimum Gasteiger partial charge on any atom is -0.493 e. The van der Waals surface area contributed by atoms with Gasteiger partial charge in [0.25, 0.3) is 0 Å². The normalized spacial score (nSPS) is 12.9. The first kappa shape index (κ1) is 27.5. The fourth-order valence-electron chi connectivity index (χ4n) is 3.64. The van der Waals surface area contributed by atoms with E-state index in [-0.39, 0.29) is 25.0 Å². The van der Waals surface area contributed by atoms with Crippen LogP contribution in [0, 0.1) is 5.41 Å². The first-order valence-corrected chi connectivity index (χ1v) is 11.9. The van der Waals surface area contributed by atoms with Crippen molar-refractivity contribution in [3.63, 3.8) is 0 Å². The Bertz CT molecular complexity index is 985. The predicted octanol–water partition coefficient (Wildman–Crippen LogP) is 5.45. The number of ether oxygens (including phenoxy) is 4. The molecule has 0 fully saturated rings. The van der Waals surface area contributed by atoms with Crippen molar-refractivity contribution >= 4 is 27.9 Å². The summed E-state index contributed by atoms with van der Waals surface area (Å²) in [5.74, 6) is -0.328. The molecule has 2 aromatic rings. The predicted molar refractivity (Wildman–Crippen MR) is 133 cm³/mol. The van der Waals surface area contributed by atoms with Gasteiger partial charge in [-0.05, 0) is 75.9 Å². The van der Waals surface area contributed by atoms with Crippen LogP contribution in [0.15, 0.2) is 40.9 Å². The quantitative estimate of drug-likeness (QED) is 0.284. The van der Waals surface area contributed by atoms with Gasteiger partial charge in [-0.25, -0.2) is 0 Å². The van der Waals surface area contributed by atoms with Gasteiger partial charge < -0.3 is 24.1 Å². The number of carboxylic acid groups (broad SMARTS) is 1. The van der Waals surface area contributed by atoms with E-state index in [1.54, 1.807) is 12.1 Å². The molecule has 1 unspecified atom stereocenters. The summed E-state index contributed by atoms with van der Waals surface area (Å²) in [4.78, 5) is 25.4. The van der Waals surface area contributed by atoms with E-state index in [2.05, 4.69) is 15.9 Å². The van der Waals surface area contributed by atoms with Gasteiger partial charge in [0.1, 0.15) is 5.75 Å².